The number of allylic oxidation sites excluding steroid dienone is 2. The summed E-state index contributed by atoms with van der Waals surface area (Å²) < 4.78 is 5.00. The molecule has 0 saturated carbocycles. The van der Waals surface area contributed by atoms with E-state index in [1.807, 2.05) is 0 Å². The van der Waals surface area contributed by atoms with Gasteiger partial charge in [-0.05, 0) is 39.0 Å². The van der Waals surface area contributed by atoms with Crippen LogP contribution in [0.15, 0.2) is 12.2 Å². The molecule has 3 heteroatoms. The summed E-state index contributed by atoms with van der Waals surface area (Å²) in [5.41, 5.74) is 0. The summed E-state index contributed by atoms with van der Waals surface area (Å²) in [4.78, 5) is 21.9. The van der Waals surface area contributed by atoms with Gasteiger partial charge in [-0.15, -0.1) is 0 Å². The fourth-order valence-corrected chi connectivity index (χ4v) is 2.79. The third-order valence-electron chi connectivity index (χ3n) is 4.31. The van der Waals surface area contributed by atoms with E-state index in [0.29, 0.717) is 6.61 Å². The molecule has 0 N–H and O–H groups in total. The van der Waals surface area contributed by atoms with Crippen LogP contribution < -0.4 is 0 Å². The van der Waals surface area contributed by atoms with Gasteiger partial charge in [-0.3, -0.25) is 9.59 Å². The van der Waals surface area contributed by atoms with Crippen molar-refractivity contribution in [2.75, 3.05) is 6.61 Å². The van der Waals surface area contributed by atoms with Crippen molar-refractivity contribution < 1.29 is 14.3 Å². The third-order valence-corrected chi connectivity index (χ3v) is 4.31. The van der Waals surface area contributed by atoms with Crippen molar-refractivity contribution in [2.24, 2.45) is 0 Å². The molecule has 0 heterocycles. The number of ketones is 1. The summed E-state index contributed by atoms with van der Waals surface area (Å²) >= 11 is 0. The van der Waals surface area contributed by atoms with Crippen LogP contribution in [-0.2, 0) is 14.3 Å². The van der Waals surface area contributed by atoms with Gasteiger partial charge in [0.25, 0.3) is 0 Å². The number of Topliss-reactive ketones (excluding diaryl/α,β-unsaturated/α-hetero) is 1. The molecule has 0 atom stereocenters. The van der Waals surface area contributed by atoms with E-state index in [4.69, 9.17) is 4.74 Å². The molecule has 146 valence electrons. The summed E-state index contributed by atoms with van der Waals surface area (Å²) in [6.45, 7) is 4.12. The highest BCUT2D eigenvalue weighted by Crippen LogP contribution is 2.10. The molecular weight excluding hydrogens is 312 g/mol. The van der Waals surface area contributed by atoms with E-state index in [0.717, 1.165) is 12.8 Å². The van der Waals surface area contributed by atoms with Crippen LogP contribution >= 0.6 is 0 Å². The predicted molar refractivity (Wildman–Crippen MR) is 106 cm³/mol. The quantitative estimate of drug-likeness (QED) is 0.122. The number of esters is 1. The second kappa shape index (κ2) is 19.2. The first-order chi connectivity index (χ1) is 12.2. The molecular formula is C22H40O3. The van der Waals surface area contributed by atoms with Crippen molar-refractivity contribution in [1.29, 1.82) is 0 Å². The maximum Gasteiger partial charge on any atom is 0.313 e. The largest absolute Gasteiger partial charge is 0.465 e. The molecule has 0 aromatic rings. The normalized spacial score (nSPS) is 11.1. The number of rotatable bonds is 18. The van der Waals surface area contributed by atoms with Gasteiger partial charge in [0.2, 0.25) is 0 Å². The molecule has 0 amide bonds. The zero-order valence-electron chi connectivity index (χ0n) is 16.7. The standard InChI is InChI=1S/C22H40O3/c1-3-4-5-6-7-8-9-10-11-12-13-14-15-16-17-18-19-25-22(24)20-21(2)23/h10-11H,3-9,12-20H2,1-2H3/b11-10+. The number of hydrogen-bond donors (Lipinski definition) is 0. The molecule has 0 aliphatic rings. The van der Waals surface area contributed by atoms with E-state index in [2.05, 4.69) is 19.1 Å². The SMILES string of the molecule is CCCCCCCC/C=C/CCCCCCCCOC(=O)CC(C)=O. The Labute approximate surface area is 155 Å². The maximum absolute atomic E-state index is 11.2. The number of ether oxygens (including phenoxy) is 1. The minimum atomic E-state index is -0.389. The molecule has 0 bridgehead atoms. The Bertz CT molecular complexity index is 347. The van der Waals surface area contributed by atoms with Crippen LogP contribution in [0, 0.1) is 0 Å². The summed E-state index contributed by atoms with van der Waals surface area (Å²) in [7, 11) is 0. The second-order valence-electron chi connectivity index (χ2n) is 7.04. The van der Waals surface area contributed by atoms with Crippen LogP contribution in [0.3, 0.4) is 0 Å². The van der Waals surface area contributed by atoms with Crippen molar-refractivity contribution in [3.05, 3.63) is 12.2 Å². The van der Waals surface area contributed by atoms with Crippen molar-refractivity contribution in [2.45, 2.75) is 110 Å². The molecule has 0 aliphatic heterocycles. The first-order valence-electron chi connectivity index (χ1n) is 10.5. The Hall–Kier alpha value is -1.12. The second-order valence-corrected chi connectivity index (χ2v) is 7.04. The van der Waals surface area contributed by atoms with Gasteiger partial charge >= 0.3 is 5.97 Å². The van der Waals surface area contributed by atoms with Crippen LogP contribution in [0.25, 0.3) is 0 Å². The molecule has 3 nitrogen and oxygen atoms in total. The van der Waals surface area contributed by atoms with Crippen LogP contribution in [0.2, 0.25) is 0 Å². The van der Waals surface area contributed by atoms with E-state index in [9.17, 15) is 9.59 Å². The van der Waals surface area contributed by atoms with E-state index < -0.39 is 0 Å². The summed E-state index contributed by atoms with van der Waals surface area (Å²) in [6.07, 6.45) is 22.3. The van der Waals surface area contributed by atoms with Crippen molar-refractivity contribution in [1.82, 2.24) is 0 Å². The minimum Gasteiger partial charge on any atom is -0.465 e. The Morgan fingerprint density at radius 2 is 1.20 bits per heavy atom. The zero-order chi connectivity index (χ0) is 18.6. The van der Waals surface area contributed by atoms with Crippen LogP contribution in [-0.4, -0.2) is 18.4 Å². The molecule has 0 saturated heterocycles. The van der Waals surface area contributed by atoms with Gasteiger partial charge in [-0.1, -0.05) is 76.9 Å². The average Bonchev–Trinajstić information content (AvgIpc) is 2.57. The highest BCUT2D eigenvalue weighted by Gasteiger charge is 2.05. The molecule has 0 aromatic heterocycles. The Morgan fingerprint density at radius 3 is 1.72 bits per heavy atom. The maximum atomic E-state index is 11.2. The lowest BCUT2D eigenvalue weighted by Gasteiger charge is -2.03. The van der Waals surface area contributed by atoms with Crippen LogP contribution in [0.5, 0.6) is 0 Å². The molecule has 0 radical (unpaired) electrons. The van der Waals surface area contributed by atoms with E-state index in [1.54, 1.807) is 0 Å². The Morgan fingerprint density at radius 1 is 0.720 bits per heavy atom. The monoisotopic (exact) mass is 352 g/mol. The molecule has 0 aromatic carbocycles. The number of carbonyl (C=O) groups is 2. The van der Waals surface area contributed by atoms with Gasteiger partial charge in [-0.2, -0.15) is 0 Å². The smallest absolute Gasteiger partial charge is 0.313 e. The fourth-order valence-electron chi connectivity index (χ4n) is 2.79. The molecule has 0 spiro atoms. The fraction of sp³-hybridized carbons (Fsp3) is 0.818. The van der Waals surface area contributed by atoms with Gasteiger partial charge in [0, 0.05) is 0 Å². The summed E-state index contributed by atoms with van der Waals surface area (Å²) in [5, 5.41) is 0. The number of hydrogen-bond acceptors (Lipinski definition) is 3. The zero-order valence-corrected chi connectivity index (χ0v) is 16.7. The van der Waals surface area contributed by atoms with Crippen molar-refractivity contribution >= 4 is 11.8 Å². The van der Waals surface area contributed by atoms with Crippen LogP contribution in [0.4, 0.5) is 0 Å². The van der Waals surface area contributed by atoms with Crippen LogP contribution in [0.1, 0.15) is 110 Å². The minimum absolute atomic E-state index is 0.0909. The molecule has 25 heavy (non-hydrogen) atoms. The average molecular weight is 353 g/mol. The molecule has 0 fully saturated rings. The first-order valence-corrected chi connectivity index (χ1v) is 10.5. The Balaban J connectivity index is 3.17. The van der Waals surface area contributed by atoms with Gasteiger partial charge in [0.15, 0.2) is 0 Å². The number of carbonyl (C=O) groups excluding carboxylic acids is 2. The van der Waals surface area contributed by atoms with Gasteiger partial charge < -0.3 is 4.74 Å². The van der Waals surface area contributed by atoms with Crippen molar-refractivity contribution in [3.63, 3.8) is 0 Å². The predicted octanol–water partition coefficient (Wildman–Crippen LogP) is 6.55. The summed E-state index contributed by atoms with van der Waals surface area (Å²) in [5.74, 6) is -0.522. The lowest BCUT2D eigenvalue weighted by atomic mass is 10.1. The topological polar surface area (TPSA) is 43.4 Å². The van der Waals surface area contributed by atoms with E-state index >= 15 is 0 Å². The molecule has 0 aliphatic carbocycles. The van der Waals surface area contributed by atoms with E-state index in [1.165, 1.54) is 84.0 Å². The van der Waals surface area contributed by atoms with Gasteiger partial charge in [0.1, 0.15) is 12.2 Å². The molecule has 0 rings (SSSR count). The number of unbranched alkanes of at least 4 members (excludes halogenated alkanes) is 12. The van der Waals surface area contributed by atoms with E-state index in [-0.39, 0.29) is 18.2 Å². The lowest BCUT2D eigenvalue weighted by molar-refractivity contribution is -0.145. The highest BCUT2D eigenvalue weighted by atomic mass is 16.5. The Kier molecular flexibility index (Phi) is 18.3. The third kappa shape index (κ3) is 20.8. The first kappa shape index (κ1) is 23.9. The van der Waals surface area contributed by atoms with Crippen molar-refractivity contribution in [3.8, 4) is 0 Å². The molecule has 0 unspecified atom stereocenters. The highest BCUT2D eigenvalue weighted by molar-refractivity contribution is 5.94. The summed E-state index contributed by atoms with van der Waals surface area (Å²) in [6, 6.07) is 0. The van der Waals surface area contributed by atoms with Gasteiger partial charge in [-0.25, -0.2) is 0 Å². The van der Waals surface area contributed by atoms with Gasteiger partial charge in [0.05, 0.1) is 6.61 Å². The lowest BCUT2D eigenvalue weighted by Crippen LogP contribution is -2.09.